The first-order valence-corrected chi connectivity index (χ1v) is 6.91. The molecule has 0 radical (unpaired) electrons. The standard InChI is InChI=1S/C17H17FN2O2/c1-12-6-8-13(9-7-12)10-19-16(21)11-20-17(22)14-4-2-3-5-15(14)18/h2-9H,10-11H2,1H3,(H,19,21)(H,20,22). The van der Waals surface area contributed by atoms with Gasteiger partial charge in [0.25, 0.3) is 5.91 Å². The van der Waals surface area contributed by atoms with Crippen LogP contribution in [0.1, 0.15) is 21.5 Å². The number of carbonyl (C=O) groups is 2. The lowest BCUT2D eigenvalue weighted by molar-refractivity contribution is -0.120. The molecule has 0 aliphatic rings. The van der Waals surface area contributed by atoms with Gasteiger partial charge < -0.3 is 10.6 Å². The van der Waals surface area contributed by atoms with Crippen molar-refractivity contribution in [3.63, 3.8) is 0 Å². The highest BCUT2D eigenvalue weighted by Crippen LogP contribution is 2.05. The van der Waals surface area contributed by atoms with Gasteiger partial charge in [-0.05, 0) is 24.6 Å². The Bertz CT molecular complexity index is 669. The maximum Gasteiger partial charge on any atom is 0.254 e. The fourth-order valence-corrected chi connectivity index (χ4v) is 1.87. The molecule has 2 rings (SSSR count). The molecule has 2 aromatic carbocycles. The Hall–Kier alpha value is -2.69. The molecule has 2 N–H and O–H groups in total. The molecule has 0 heterocycles. The molecule has 2 amide bonds. The summed E-state index contributed by atoms with van der Waals surface area (Å²) in [7, 11) is 0. The van der Waals surface area contributed by atoms with Gasteiger partial charge in [0, 0.05) is 6.54 Å². The van der Waals surface area contributed by atoms with Crippen LogP contribution in [0.5, 0.6) is 0 Å². The Morgan fingerprint density at radius 2 is 1.68 bits per heavy atom. The van der Waals surface area contributed by atoms with E-state index in [1.54, 1.807) is 6.07 Å². The van der Waals surface area contributed by atoms with E-state index in [0.29, 0.717) is 6.54 Å². The summed E-state index contributed by atoms with van der Waals surface area (Å²) in [5.74, 6) is -1.55. The van der Waals surface area contributed by atoms with Gasteiger partial charge in [-0.15, -0.1) is 0 Å². The lowest BCUT2D eigenvalue weighted by Crippen LogP contribution is -2.36. The molecule has 0 unspecified atom stereocenters. The number of hydrogen-bond acceptors (Lipinski definition) is 2. The summed E-state index contributed by atoms with van der Waals surface area (Å²) in [6.07, 6.45) is 0. The number of halogens is 1. The van der Waals surface area contributed by atoms with Crippen LogP contribution in [0.4, 0.5) is 4.39 Å². The van der Waals surface area contributed by atoms with Crippen molar-refractivity contribution in [2.75, 3.05) is 6.54 Å². The molecule has 0 saturated carbocycles. The summed E-state index contributed by atoms with van der Waals surface area (Å²) in [5, 5.41) is 5.09. The van der Waals surface area contributed by atoms with Crippen molar-refractivity contribution in [3.8, 4) is 0 Å². The van der Waals surface area contributed by atoms with Gasteiger partial charge in [-0.2, -0.15) is 0 Å². The number of amides is 2. The summed E-state index contributed by atoms with van der Waals surface area (Å²) in [6, 6.07) is 13.4. The molecular formula is C17H17FN2O2. The first-order valence-electron chi connectivity index (χ1n) is 6.91. The molecular weight excluding hydrogens is 283 g/mol. The zero-order chi connectivity index (χ0) is 15.9. The smallest absolute Gasteiger partial charge is 0.254 e. The van der Waals surface area contributed by atoms with Crippen molar-refractivity contribution in [1.29, 1.82) is 0 Å². The van der Waals surface area contributed by atoms with Gasteiger partial charge in [-0.25, -0.2) is 4.39 Å². The SMILES string of the molecule is Cc1ccc(CNC(=O)CNC(=O)c2ccccc2F)cc1. The Balaban J connectivity index is 1.79. The van der Waals surface area contributed by atoms with Crippen LogP contribution in [0.2, 0.25) is 0 Å². The summed E-state index contributed by atoms with van der Waals surface area (Å²) < 4.78 is 13.4. The van der Waals surface area contributed by atoms with Crippen molar-refractivity contribution >= 4 is 11.8 Å². The molecule has 4 nitrogen and oxygen atoms in total. The van der Waals surface area contributed by atoms with E-state index >= 15 is 0 Å². The molecule has 0 spiro atoms. The Labute approximate surface area is 128 Å². The number of hydrogen-bond donors (Lipinski definition) is 2. The molecule has 0 saturated heterocycles. The summed E-state index contributed by atoms with van der Waals surface area (Å²) in [5.41, 5.74) is 2.04. The second-order valence-corrected chi connectivity index (χ2v) is 4.92. The molecule has 114 valence electrons. The maximum atomic E-state index is 13.4. The number of carbonyl (C=O) groups excluding carboxylic acids is 2. The van der Waals surface area contributed by atoms with Crippen molar-refractivity contribution in [1.82, 2.24) is 10.6 Å². The molecule has 2 aromatic rings. The van der Waals surface area contributed by atoms with Gasteiger partial charge in [-0.1, -0.05) is 42.0 Å². The number of rotatable bonds is 5. The van der Waals surface area contributed by atoms with Crippen molar-refractivity contribution in [2.45, 2.75) is 13.5 Å². The fourth-order valence-electron chi connectivity index (χ4n) is 1.87. The van der Waals surface area contributed by atoms with Gasteiger partial charge >= 0.3 is 0 Å². The van der Waals surface area contributed by atoms with E-state index in [-0.39, 0.29) is 18.0 Å². The van der Waals surface area contributed by atoms with Gasteiger partial charge in [-0.3, -0.25) is 9.59 Å². The first kappa shape index (κ1) is 15.7. The summed E-state index contributed by atoms with van der Waals surface area (Å²) >= 11 is 0. The number of nitrogens with one attached hydrogen (secondary N) is 2. The van der Waals surface area contributed by atoms with E-state index in [1.165, 1.54) is 18.2 Å². The minimum absolute atomic E-state index is 0.0752. The highest BCUT2D eigenvalue weighted by atomic mass is 19.1. The molecule has 0 atom stereocenters. The van der Waals surface area contributed by atoms with Crippen LogP contribution in [-0.2, 0) is 11.3 Å². The van der Waals surface area contributed by atoms with Crippen molar-refractivity contribution in [3.05, 3.63) is 71.0 Å². The third kappa shape index (κ3) is 4.41. The van der Waals surface area contributed by atoms with Crippen molar-refractivity contribution in [2.24, 2.45) is 0 Å². The minimum atomic E-state index is -0.611. The summed E-state index contributed by atoms with van der Waals surface area (Å²) in [6.45, 7) is 2.17. The highest BCUT2D eigenvalue weighted by molar-refractivity contribution is 5.96. The normalized spacial score (nSPS) is 10.1. The molecule has 0 fully saturated rings. The van der Waals surface area contributed by atoms with E-state index in [4.69, 9.17) is 0 Å². The molecule has 0 aliphatic heterocycles. The number of benzene rings is 2. The quantitative estimate of drug-likeness (QED) is 0.889. The lowest BCUT2D eigenvalue weighted by atomic mass is 10.1. The summed E-state index contributed by atoms with van der Waals surface area (Å²) in [4.78, 5) is 23.4. The Morgan fingerprint density at radius 1 is 1.00 bits per heavy atom. The molecule has 0 aliphatic carbocycles. The molecule has 5 heteroatoms. The number of aryl methyl sites for hydroxylation is 1. The van der Waals surface area contributed by atoms with Crippen LogP contribution in [-0.4, -0.2) is 18.4 Å². The van der Waals surface area contributed by atoms with E-state index < -0.39 is 11.7 Å². The van der Waals surface area contributed by atoms with Crippen LogP contribution in [0.25, 0.3) is 0 Å². The van der Waals surface area contributed by atoms with Crippen LogP contribution in [0.15, 0.2) is 48.5 Å². The zero-order valence-electron chi connectivity index (χ0n) is 12.2. The second-order valence-electron chi connectivity index (χ2n) is 4.92. The second kappa shape index (κ2) is 7.36. The predicted octanol–water partition coefficient (Wildman–Crippen LogP) is 2.18. The predicted molar refractivity (Wildman–Crippen MR) is 81.8 cm³/mol. The zero-order valence-corrected chi connectivity index (χ0v) is 12.2. The average molecular weight is 300 g/mol. The van der Waals surface area contributed by atoms with Crippen LogP contribution in [0, 0.1) is 12.7 Å². The maximum absolute atomic E-state index is 13.4. The van der Waals surface area contributed by atoms with Gasteiger partial charge in [0.1, 0.15) is 5.82 Å². The molecule has 0 bridgehead atoms. The first-order chi connectivity index (χ1) is 10.6. The van der Waals surface area contributed by atoms with Gasteiger partial charge in [0.2, 0.25) is 5.91 Å². The monoisotopic (exact) mass is 300 g/mol. The fraction of sp³-hybridized carbons (Fsp3) is 0.176. The van der Waals surface area contributed by atoms with E-state index in [9.17, 15) is 14.0 Å². The minimum Gasteiger partial charge on any atom is -0.350 e. The highest BCUT2D eigenvalue weighted by Gasteiger charge is 2.11. The van der Waals surface area contributed by atoms with Gasteiger partial charge in [0.05, 0.1) is 12.1 Å². The lowest BCUT2D eigenvalue weighted by Gasteiger charge is -2.08. The van der Waals surface area contributed by atoms with Crippen LogP contribution < -0.4 is 10.6 Å². The van der Waals surface area contributed by atoms with E-state index in [2.05, 4.69) is 10.6 Å². The third-order valence-electron chi connectivity index (χ3n) is 3.14. The van der Waals surface area contributed by atoms with Crippen LogP contribution >= 0.6 is 0 Å². The Morgan fingerprint density at radius 3 is 2.36 bits per heavy atom. The van der Waals surface area contributed by atoms with Crippen molar-refractivity contribution < 1.29 is 14.0 Å². The van der Waals surface area contributed by atoms with E-state index in [0.717, 1.165) is 11.1 Å². The molecule has 22 heavy (non-hydrogen) atoms. The van der Waals surface area contributed by atoms with E-state index in [1.807, 2.05) is 31.2 Å². The molecule has 0 aromatic heterocycles. The topological polar surface area (TPSA) is 58.2 Å². The Kier molecular flexibility index (Phi) is 5.25. The van der Waals surface area contributed by atoms with Crippen LogP contribution in [0.3, 0.4) is 0 Å². The third-order valence-corrected chi connectivity index (χ3v) is 3.14. The largest absolute Gasteiger partial charge is 0.350 e. The average Bonchev–Trinajstić information content (AvgIpc) is 2.52. The van der Waals surface area contributed by atoms with Gasteiger partial charge in [0.15, 0.2) is 0 Å².